The van der Waals surface area contributed by atoms with Gasteiger partial charge in [0.25, 0.3) is 0 Å². The Hall–Kier alpha value is -7.30. The summed E-state index contributed by atoms with van der Waals surface area (Å²) >= 11 is 0. The molecule has 4 heteroatoms. The van der Waals surface area contributed by atoms with Crippen molar-refractivity contribution in [3.63, 3.8) is 0 Å². The van der Waals surface area contributed by atoms with Gasteiger partial charge in [-0.2, -0.15) is 0 Å². The van der Waals surface area contributed by atoms with Crippen LogP contribution in [0.2, 0.25) is 0 Å². The molecule has 0 saturated carbocycles. The van der Waals surface area contributed by atoms with Gasteiger partial charge in [0.2, 0.25) is 0 Å². The summed E-state index contributed by atoms with van der Waals surface area (Å²) in [4.78, 5) is 0. The number of fused-ring (bicyclic) bond motifs is 15. The van der Waals surface area contributed by atoms with Crippen LogP contribution in [0.25, 0.3) is 120 Å². The van der Waals surface area contributed by atoms with E-state index in [9.17, 15) is 0 Å². The highest BCUT2D eigenvalue weighted by molar-refractivity contribution is 6.21. The quantitative estimate of drug-likeness (QED) is 0.181. The summed E-state index contributed by atoms with van der Waals surface area (Å²) in [5.41, 5.74) is 10.3. The van der Waals surface area contributed by atoms with Crippen molar-refractivity contribution < 1.29 is 8.83 Å². The first kappa shape index (κ1) is 28.3. The van der Waals surface area contributed by atoms with Gasteiger partial charge in [0, 0.05) is 54.5 Å². The third kappa shape index (κ3) is 3.71. The molecule has 13 rings (SSSR count). The summed E-state index contributed by atoms with van der Waals surface area (Å²) in [5, 5.41) is 13.9. The lowest BCUT2D eigenvalue weighted by molar-refractivity contribution is 0.634. The molecule has 13 aromatic rings. The van der Waals surface area contributed by atoms with Crippen LogP contribution in [0.3, 0.4) is 0 Å². The average Bonchev–Trinajstić information content (AvgIpc) is 3.96. The lowest BCUT2D eigenvalue weighted by Crippen LogP contribution is -1.93. The van der Waals surface area contributed by atoms with Gasteiger partial charge in [-0.05, 0) is 106 Å². The fourth-order valence-electron chi connectivity index (χ4n) is 9.21. The zero-order valence-corrected chi connectivity index (χ0v) is 28.9. The number of aromatic nitrogens is 2. The van der Waals surface area contributed by atoms with Crippen LogP contribution in [0.15, 0.2) is 179 Å². The molecular weight excluding hydrogens is 661 g/mol. The number of para-hydroxylation sites is 4. The van der Waals surface area contributed by atoms with Gasteiger partial charge < -0.3 is 18.0 Å². The van der Waals surface area contributed by atoms with E-state index in [0.717, 1.165) is 66.0 Å². The smallest absolute Gasteiger partial charge is 0.178 e. The van der Waals surface area contributed by atoms with Gasteiger partial charge in [0.15, 0.2) is 11.2 Å². The van der Waals surface area contributed by atoms with Crippen LogP contribution in [0.5, 0.6) is 0 Å². The SMILES string of the molecule is c1ccc2c(c1)c1ccccc1n2-c1ccc2cc3c(cc2c1)oc1c3ccc2c3cc4ccc(-n5c6ccccc6c6ccccc65)cc4cc3oc21. The molecule has 4 aromatic heterocycles. The van der Waals surface area contributed by atoms with Crippen molar-refractivity contribution in [2.24, 2.45) is 0 Å². The molecule has 9 aromatic carbocycles. The Kier molecular flexibility index (Phi) is 5.34. The molecule has 4 nitrogen and oxygen atoms in total. The Bertz CT molecular complexity index is 3390. The first-order valence-electron chi connectivity index (χ1n) is 18.4. The van der Waals surface area contributed by atoms with E-state index in [1.165, 1.54) is 54.4 Å². The van der Waals surface area contributed by atoms with Crippen molar-refractivity contribution in [1.29, 1.82) is 0 Å². The standard InChI is InChI=1S/C50H28N2O2/c1-5-13-43-35(9-1)36-10-2-6-14-44(36)51(43)33-19-17-29-25-41-39-21-22-40-42-26-30-18-20-34(52-45-15-7-3-11-37(45)38-12-4-8-16-46(38)52)24-32(30)28-48(42)54-50(40)49(39)53-47(41)27-31(29)23-33/h1-28H. The van der Waals surface area contributed by atoms with E-state index < -0.39 is 0 Å². The minimum atomic E-state index is 0.784. The van der Waals surface area contributed by atoms with Crippen LogP contribution in [0.1, 0.15) is 0 Å². The Labute approximate surface area is 307 Å². The topological polar surface area (TPSA) is 36.1 Å². The summed E-state index contributed by atoms with van der Waals surface area (Å²) in [5.74, 6) is 0. The predicted octanol–water partition coefficient (Wildman–Crippen LogP) is 14.0. The highest BCUT2D eigenvalue weighted by Crippen LogP contribution is 2.42. The molecule has 54 heavy (non-hydrogen) atoms. The molecule has 0 bridgehead atoms. The monoisotopic (exact) mass is 688 g/mol. The lowest BCUT2D eigenvalue weighted by atomic mass is 10.0. The van der Waals surface area contributed by atoms with Gasteiger partial charge in [-0.25, -0.2) is 0 Å². The van der Waals surface area contributed by atoms with Crippen molar-refractivity contribution in [2.75, 3.05) is 0 Å². The van der Waals surface area contributed by atoms with Gasteiger partial charge >= 0.3 is 0 Å². The van der Waals surface area contributed by atoms with E-state index in [1.54, 1.807) is 0 Å². The summed E-state index contributed by atoms with van der Waals surface area (Å²) in [6.07, 6.45) is 0. The van der Waals surface area contributed by atoms with Crippen LogP contribution >= 0.6 is 0 Å². The Morgan fingerprint density at radius 1 is 0.278 bits per heavy atom. The zero-order valence-electron chi connectivity index (χ0n) is 28.9. The maximum Gasteiger partial charge on any atom is 0.178 e. The third-order valence-corrected chi connectivity index (χ3v) is 11.6. The van der Waals surface area contributed by atoms with E-state index in [-0.39, 0.29) is 0 Å². The second-order valence-corrected chi connectivity index (χ2v) is 14.5. The second kappa shape index (κ2) is 10.2. The first-order chi connectivity index (χ1) is 26.7. The van der Waals surface area contributed by atoms with Crippen LogP contribution in [-0.2, 0) is 0 Å². The molecule has 0 unspecified atom stereocenters. The van der Waals surface area contributed by atoms with Crippen LogP contribution in [-0.4, -0.2) is 9.13 Å². The largest absolute Gasteiger partial charge is 0.452 e. The van der Waals surface area contributed by atoms with E-state index in [0.29, 0.717) is 0 Å². The molecule has 0 aliphatic carbocycles. The van der Waals surface area contributed by atoms with Crippen molar-refractivity contribution in [1.82, 2.24) is 9.13 Å². The van der Waals surface area contributed by atoms with E-state index in [4.69, 9.17) is 8.83 Å². The number of hydrogen-bond donors (Lipinski definition) is 0. The van der Waals surface area contributed by atoms with Crippen molar-refractivity contribution in [3.05, 3.63) is 170 Å². The maximum atomic E-state index is 6.72. The Balaban J connectivity index is 0.977. The number of hydrogen-bond acceptors (Lipinski definition) is 2. The summed E-state index contributed by atoms with van der Waals surface area (Å²) in [7, 11) is 0. The van der Waals surface area contributed by atoms with Gasteiger partial charge in [-0.3, -0.25) is 0 Å². The number of benzene rings is 9. The second-order valence-electron chi connectivity index (χ2n) is 14.5. The number of rotatable bonds is 2. The number of furan rings is 2. The van der Waals surface area contributed by atoms with E-state index in [2.05, 4.69) is 179 Å². The minimum Gasteiger partial charge on any atom is -0.452 e. The zero-order chi connectivity index (χ0) is 35.1. The van der Waals surface area contributed by atoms with Gasteiger partial charge in [-0.15, -0.1) is 0 Å². The van der Waals surface area contributed by atoms with E-state index in [1.807, 2.05) is 0 Å². The average molecular weight is 689 g/mol. The fraction of sp³-hybridized carbons (Fsp3) is 0. The van der Waals surface area contributed by atoms with E-state index >= 15 is 0 Å². The minimum absolute atomic E-state index is 0.784. The third-order valence-electron chi connectivity index (χ3n) is 11.6. The molecule has 4 heterocycles. The molecule has 0 aliphatic rings. The van der Waals surface area contributed by atoms with Crippen LogP contribution < -0.4 is 0 Å². The molecule has 0 amide bonds. The highest BCUT2D eigenvalue weighted by atomic mass is 16.4. The van der Waals surface area contributed by atoms with Crippen LogP contribution in [0.4, 0.5) is 0 Å². The Morgan fingerprint density at radius 3 is 1.04 bits per heavy atom. The van der Waals surface area contributed by atoms with Crippen molar-refractivity contribution in [3.8, 4) is 11.4 Å². The molecule has 0 N–H and O–H groups in total. The van der Waals surface area contributed by atoms with Gasteiger partial charge in [0.05, 0.1) is 22.1 Å². The fourth-order valence-corrected chi connectivity index (χ4v) is 9.21. The Morgan fingerprint density at radius 2 is 0.648 bits per heavy atom. The first-order valence-corrected chi connectivity index (χ1v) is 18.4. The molecule has 0 aliphatic heterocycles. The molecule has 0 radical (unpaired) electrons. The molecule has 0 saturated heterocycles. The van der Waals surface area contributed by atoms with Crippen LogP contribution in [0, 0.1) is 0 Å². The summed E-state index contributed by atoms with van der Waals surface area (Å²) in [6, 6.07) is 61.3. The molecular formula is C50H28N2O2. The van der Waals surface area contributed by atoms with Gasteiger partial charge in [-0.1, -0.05) is 84.9 Å². The summed E-state index contributed by atoms with van der Waals surface area (Å²) in [6.45, 7) is 0. The maximum absolute atomic E-state index is 6.72. The number of nitrogens with zero attached hydrogens (tertiary/aromatic N) is 2. The van der Waals surface area contributed by atoms with Gasteiger partial charge in [0.1, 0.15) is 11.2 Å². The highest BCUT2D eigenvalue weighted by Gasteiger charge is 2.19. The van der Waals surface area contributed by atoms with Crippen molar-refractivity contribution >= 4 is 109 Å². The normalized spacial score (nSPS) is 12.4. The lowest BCUT2D eigenvalue weighted by Gasteiger charge is -2.09. The molecule has 250 valence electrons. The molecule has 0 atom stereocenters. The van der Waals surface area contributed by atoms with Crippen molar-refractivity contribution in [2.45, 2.75) is 0 Å². The summed E-state index contributed by atoms with van der Waals surface area (Å²) < 4.78 is 18.2. The molecule has 0 spiro atoms. The predicted molar refractivity (Wildman–Crippen MR) is 225 cm³/mol. The molecule has 0 fully saturated rings.